The molecule has 3 aliphatic rings. The highest BCUT2D eigenvalue weighted by atomic mass is 35.5. The first-order valence-corrected chi connectivity index (χ1v) is 26.9. The summed E-state index contributed by atoms with van der Waals surface area (Å²) in [5.41, 5.74) is 6.14. The van der Waals surface area contributed by atoms with E-state index in [1.54, 1.807) is 74.0 Å². The van der Waals surface area contributed by atoms with Crippen LogP contribution in [0, 0.1) is 33.1 Å². The van der Waals surface area contributed by atoms with Gasteiger partial charge in [-0.15, -0.1) is 32.9 Å². The normalized spacial score (nSPS) is 22.5. The summed E-state index contributed by atoms with van der Waals surface area (Å²) in [5.74, 6) is -3.66. The molecule has 0 spiro atoms. The lowest BCUT2D eigenvalue weighted by Gasteiger charge is -2.35. The van der Waals surface area contributed by atoms with Gasteiger partial charge in [0.05, 0.1) is 54.1 Å². The van der Waals surface area contributed by atoms with Gasteiger partial charge in [0, 0.05) is 53.5 Å². The molecule has 402 valence electrons. The van der Waals surface area contributed by atoms with E-state index < -0.39 is 89.6 Å². The number of nitrogens with zero attached hydrogens (tertiary/aromatic N) is 6. The second kappa shape index (κ2) is 23.5. The first-order chi connectivity index (χ1) is 36.2. The van der Waals surface area contributed by atoms with Crippen molar-refractivity contribution in [2.75, 3.05) is 39.4 Å². The van der Waals surface area contributed by atoms with E-state index in [2.05, 4.69) is 47.1 Å². The maximum Gasteiger partial charge on any atom is 0.247 e. The van der Waals surface area contributed by atoms with Crippen LogP contribution in [-0.2, 0) is 38.3 Å². The van der Waals surface area contributed by atoms with Crippen molar-refractivity contribution in [3.05, 3.63) is 104 Å². The molecule has 7 amide bonds. The van der Waals surface area contributed by atoms with Crippen LogP contribution in [0.3, 0.4) is 0 Å². The van der Waals surface area contributed by atoms with Crippen molar-refractivity contribution in [1.29, 1.82) is 0 Å². The minimum Gasteiger partial charge on any atom is -0.391 e. The lowest BCUT2D eigenvalue weighted by Crippen LogP contribution is -2.58. The Morgan fingerprint density at radius 2 is 1.61 bits per heavy atom. The van der Waals surface area contributed by atoms with Crippen molar-refractivity contribution in [2.24, 2.45) is 10.4 Å². The maximum atomic E-state index is 14.3. The molecule has 0 saturated carbocycles. The molecule has 0 radical (unpaired) electrons. The van der Waals surface area contributed by atoms with Crippen molar-refractivity contribution in [3.8, 4) is 15.4 Å². The van der Waals surface area contributed by atoms with E-state index in [4.69, 9.17) is 21.3 Å². The van der Waals surface area contributed by atoms with E-state index in [9.17, 15) is 38.7 Å². The summed E-state index contributed by atoms with van der Waals surface area (Å²) in [5, 5.41) is 37.3. The molecule has 5 aromatic rings. The quantitative estimate of drug-likeness (QED) is 0.124. The fourth-order valence-corrected chi connectivity index (χ4v) is 11.4. The Labute approximate surface area is 452 Å². The Morgan fingerprint density at radius 3 is 2.30 bits per heavy atom. The van der Waals surface area contributed by atoms with Gasteiger partial charge in [0.2, 0.25) is 41.4 Å². The number of halogens is 1. The fraction of sp³-hybridized carbons (Fsp3) is 0.442. The standard InChI is InChI=1S/C52H61ClN12O9S2/c1-26-28(3)76-51-41(26)42(30-12-14-33(53)15-13-30)59-35(46-63-62-29(4)65(46)51)21-39(68)55-22-36-47(70)54-17-19-74-18-16-38(67)60-45(52(5,6)7)50(73)64-24-34(66)20-37(64)48(71)61-43(49(72)56-23-40(69)58-36)31-8-10-32(11-9-31)44-27(2)57-25-75-44/h8-15,25,34-37,43,45,66H,16-24H2,1-7H3,(H,54,70)(H,55,68)(H,56,72)(H,58,69)(H,60,67)(H,61,71)/t34-,35+,36-,37+,43+,45-/m1/s1. The molecule has 6 heterocycles. The number of aliphatic imine (C=N–C) groups is 1. The van der Waals surface area contributed by atoms with Crippen molar-refractivity contribution >= 4 is 81.3 Å². The van der Waals surface area contributed by atoms with Gasteiger partial charge in [0.15, 0.2) is 5.82 Å². The molecule has 2 fully saturated rings. The SMILES string of the molecule is Cc1ncsc1-c1ccc([C@@H]2NC(=O)[C@@H]3C[C@@H](O)CN3C(=O)[C@H](C(C)(C)C)NC(=O)CCOCCNC(=O)[C@@H](CNC(=O)C[C@@H]3N=C(c4ccc(Cl)cc4)c4c(sc(C)c4C)-n4c(C)nnc43)NC(=O)CNC2=O)cc1. The number of ether oxygens (including phenoxy) is 1. The van der Waals surface area contributed by atoms with Crippen molar-refractivity contribution in [1.82, 2.24) is 56.5 Å². The van der Waals surface area contributed by atoms with Crippen LogP contribution in [-0.4, -0.2) is 140 Å². The maximum absolute atomic E-state index is 14.3. The predicted octanol–water partition coefficient (Wildman–Crippen LogP) is 3.23. The van der Waals surface area contributed by atoms with Gasteiger partial charge in [0.1, 0.15) is 41.0 Å². The molecule has 24 heteroatoms. The minimum atomic E-state index is -1.42. The Morgan fingerprint density at radius 1 is 0.882 bits per heavy atom. The first-order valence-electron chi connectivity index (χ1n) is 24.8. The van der Waals surface area contributed by atoms with E-state index >= 15 is 0 Å². The van der Waals surface area contributed by atoms with Gasteiger partial charge < -0.3 is 46.6 Å². The molecule has 2 saturated heterocycles. The largest absolute Gasteiger partial charge is 0.391 e. The fourth-order valence-electron chi connectivity index (χ4n) is 9.25. The zero-order valence-electron chi connectivity index (χ0n) is 43.1. The number of nitrogens with one attached hydrogen (secondary N) is 6. The third-order valence-corrected chi connectivity index (χ3v) is 15.8. The second-order valence-electron chi connectivity index (χ2n) is 20.0. The number of thiazole rings is 1. The number of aliphatic hydroxyl groups excluding tert-OH is 1. The molecule has 2 aromatic carbocycles. The summed E-state index contributed by atoms with van der Waals surface area (Å²) in [7, 11) is 0. The number of aromatic nitrogens is 4. The molecule has 3 aliphatic heterocycles. The van der Waals surface area contributed by atoms with Gasteiger partial charge in [-0.2, -0.15) is 0 Å². The van der Waals surface area contributed by atoms with Crippen LogP contribution in [0.2, 0.25) is 5.02 Å². The lowest BCUT2D eigenvalue weighted by molar-refractivity contribution is -0.144. The van der Waals surface area contributed by atoms with E-state index in [0.29, 0.717) is 27.9 Å². The number of hydrogen-bond acceptors (Lipinski definition) is 15. The second-order valence-corrected chi connectivity index (χ2v) is 22.5. The molecule has 6 atom stereocenters. The van der Waals surface area contributed by atoms with Gasteiger partial charge in [0.25, 0.3) is 0 Å². The van der Waals surface area contributed by atoms with Gasteiger partial charge in [-0.05, 0) is 61.9 Å². The number of rotatable bonds is 7. The molecule has 8 rings (SSSR count). The van der Waals surface area contributed by atoms with Crippen LogP contribution in [0.4, 0.5) is 0 Å². The van der Waals surface area contributed by atoms with Crippen LogP contribution in [0.1, 0.15) is 96.6 Å². The molecule has 0 aliphatic carbocycles. The zero-order valence-corrected chi connectivity index (χ0v) is 45.5. The summed E-state index contributed by atoms with van der Waals surface area (Å²) in [4.78, 5) is 111. The van der Waals surface area contributed by atoms with Gasteiger partial charge in [-0.1, -0.05) is 68.8 Å². The average Bonchev–Trinajstić information content (AvgIpc) is 4.18. The van der Waals surface area contributed by atoms with Gasteiger partial charge >= 0.3 is 0 Å². The van der Waals surface area contributed by atoms with Crippen molar-refractivity contribution < 1.29 is 43.4 Å². The van der Waals surface area contributed by atoms with Crippen LogP contribution < -0.4 is 31.9 Å². The third-order valence-electron chi connectivity index (χ3n) is 13.4. The van der Waals surface area contributed by atoms with E-state index in [1.165, 1.54) is 16.2 Å². The molecule has 21 nitrogen and oxygen atoms in total. The first kappa shape index (κ1) is 55.3. The topological polar surface area (TPSA) is 280 Å². The molecular formula is C52H61ClN12O9S2. The van der Waals surface area contributed by atoms with Crippen LogP contribution in [0.5, 0.6) is 0 Å². The molecule has 0 unspecified atom stereocenters. The monoisotopic (exact) mass is 1100 g/mol. The molecule has 3 aromatic heterocycles. The highest BCUT2D eigenvalue weighted by Gasteiger charge is 2.45. The van der Waals surface area contributed by atoms with E-state index in [0.717, 1.165) is 42.7 Å². The summed E-state index contributed by atoms with van der Waals surface area (Å²) < 4.78 is 7.57. The van der Waals surface area contributed by atoms with E-state index in [1.807, 2.05) is 44.4 Å². The zero-order chi connectivity index (χ0) is 54.6. The van der Waals surface area contributed by atoms with Crippen LogP contribution in [0.25, 0.3) is 15.4 Å². The Kier molecular flexibility index (Phi) is 17.1. The number of aliphatic hydroxyl groups is 1. The number of hydrogen-bond donors (Lipinski definition) is 7. The van der Waals surface area contributed by atoms with Gasteiger partial charge in [-0.3, -0.25) is 43.1 Å². The number of carbonyl (C=O) groups is 7. The summed E-state index contributed by atoms with van der Waals surface area (Å²) in [6.45, 7) is 11.6. The number of thiophene rings is 1. The smallest absolute Gasteiger partial charge is 0.247 e. The van der Waals surface area contributed by atoms with E-state index in [-0.39, 0.29) is 52.1 Å². The number of fused-ring (bicyclic) bond motifs is 4. The Balaban J connectivity index is 1.04. The van der Waals surface area contributed by atoms with Crippen LogP contribution in [0.15, 0.2) is 59.0 Å². The molecule has 0 bridgehead atoms. The van der Waals surface area contributed by atoms with Crippen LogP contribution >= 0.6 is 34.3 Å². The number of benzene rings is 2. The third kappa shape index (κ3) is 12.5. The number of carbonyl (C=O) groups excluding carboxylic acids is 7. The number of amides is 7. The Bertz CT molecular complexity index is 3060. The summed E-state index contributed by atoms with van der Waals surface area (Å²) >= 11 is 9.29. The Hall–Kier alpha value is -6.92. The average molecular weight is 1100 g/mol. The molecule has 7 N–H and O–H groups in total. The predicted molar refractivity (Wildman–Crippen MR) is 285 cm³/mol. The summed E-state index contributed by atoms with van der Waals surface area (Å²) in [6, 6.07) is 8.14. The molecular weight excluding hydrogens is 1040 g/mol. The highest BCUT2D eigenvalue weighted by Crippen LogP contribution is 2.40. The molecule has 76 heavy (non-hydrogen) atoms. The van der Waals surface area contributed by atoms with Crippen molar-refractivity contribution in [3.63, 3.8) is 0 Å². The van der Waals surface area contributed by atoms with Crippen molar-refractivity contribution in [2.45, 2.75) is 104 Å². The van der Waals surface area contributed by atoms with Gasteiger partial charge in [-0.25, -0.2) is 4.98 Å². The summed E-state index contributed by atoms with van der Waals surface area (Å²) in [6.07, 6.45) is -1.61. The number of aryl methyl sites for hydroxylation is 3. The minimum absolute atomic E-state index is 0.0431. The lowest BCUT2D eigenvalue weighted by atomic mass is 9.85. The highest BCUT2D eigenvalue weighted by molar-refractivity contribution is 7.15.